The second kappa shape index (κ2) is 8.93. The molecule has 9 heteroatoms. The summed E-state index contributed by atoms with van der Waals surface area (Å²) in [4.78, 5) is 36.6. The molecule has 0 saturated heterocycles. The highest BCUT2D eigenvalue weighted by Crippen LogP contribution is 2.28. The Kier molecular flexibility index (Phi) is 6.36. The average molecular weight is 433 g/mol. The van der Waals surface area contributed by atoms with Crippen molar-refractivity contribution < 1.29 is 23.5 Å². The summed E-state index contributed by atoms with van der Waals surface area (Å²) in [6.07, 6.45) is 1.40. The van der Waals surface area contributed by atoms with Crippen LogP contribution in [0.1, 0.15) is 31.4 Å². The molecule has 3 rings (SSSR count). The number of carbonyl (C=O) groups is 3. The summed E-state index contributed by atoms with van der Waals surface area (Å²) in [5.41, 5.74) is 2.02. The van der Waals surface area contributed by atoms with Gasteiger partial charge in [0.2, 0.25) is 0 Å². The summed E-state index contributed by atoms with van der Waals surface area (Å²) in [5.74, 6) is -1.40. The highest BCUT2D eigenvalue weighted by atomic mass is 35.5. The number of amides is 2. The van der Waals surface area contributed by atoms with Gasteiger partial charge in [0.15, 0.2) is 12.4 Å². The summed E-state index contributed by atoms with van der Waals surface area (Å²) in [6, 6.07) is 9.89. The van der Waals surface area contributed by atoms with Gasteiger partial charge in [-0.15, -0.1) is 11.3 Å². The minimum absolute atomic E-state index is 0.160. The smallest absolute Gasteiger partial charge is 0.349 e. The minimum Gasteiger partial charge on any atom is -0.459 e. The Morgan fingerprint density at radius 2 is 1.90 bits per heavy atom. The number of halogens is 1. The summed E-state index contributed by atoms with van der Waals surface area (Å²) >= 11 is 7.08. The molecule has 2 amide bonds. The maximum atomic E-state index is 12.3. The predicted molar refractivity (Wildman–Crippen MR) is 111 cm³/mol. The van der Waals surface area contributed by atoms with Crippen LogP contribution in [0.5, 0.6) is 0 Å². The van der Waals surface area contributed by atoms with Crippen molar-refractivity contribution in [2.24, 2.45) is 0 Å². The highest BCUT2D eigenvalue weighted by molar-refractivity contribution is 7.18. The van der Waals surface area contributed by atoms with Gasteiger partial charge in [0.25, 0.3) is 11.8 Å². The molecule has 0 spiro atoms. The van der Waals surface area contributed by atoms with Gasteiger partial charge in [-0.25, -0.2) is 4.79 Å². The molecule has 7 nitrogen and oxygen atoms in total. The lowest BCUT2D eigenvalue weighted by Gasteiger charge is -2.07. The van der Waals surface area contributed by atoms with E-state index >= 15 is 0 Å². The second-order valence-corrected chi connectivity index (χ2v) is 7.60. The molecule has 0 aliphatic heterocycles. The van der Waals surface area contributed by atoms with Crippen LogP contribution < -0.4 is 10.6 Å². The van der Waals surface area contributed by atoms with E-state index in [2.05, 4.69) is 10.6 Å². The molecule has 2 aromatic heterocycles. The van der Waals surface area contributed by atoms with Crippen LogP contribution in [-0.4, -0.2) is 24.4 Å². The molecule has 0 atom stereocenters. The van der Waals surface area contributed by atoms with Gasteiger partial charge in [-0.1, -0.05) is 17.7 Å². The molecular formula is C20H17ClN2O5S. The first kappa shape index (κ1) is 20.6. The van der Waals surface area contributed by atoms with Crippen molar-refractivity contribution in [2.45, 2.75) is 13.8 Å². The first-order chi connectivity index (χ1) is 13.8. The van der Waals surface area contributed by atoms with Crippen LogP contribution in [-0.2, 0) is 9.53 Å². The van der Waals surface area contributed by atoms with Crippen molar-refractivity contribution in [3.63, 3.8) is 0 Å². The second-order valence-electron chi connectivity index (χ2n) is 6.14. The van der Waals surface area contributed by atoms with Gasteiger partial charge in [0, 0.05) is 10.7 Å². The lowest BCUT2D eigenvalue weighted by atomic mass is 10.2. The number of thiophene rings is 1. The topological polar surface area (TPSA) is 97.6 Å². The molecule has 3 aromatic rings. The molecule has 0 aliphatic carbocycles. The lowest BCUT2D eigenvalue weighted by Crippen LogP contribution is -2.20. The summed E-state index contributed by atoms with van der Waals surface area (Å²) in [7, 11) is 0. The van der Waals surface area contributed by atoms with E-state index in [1.54, 1.807) is 37.3 Å². The maximum Gasteiger partial charge on any atom is 0.349 e. The normalized spacial score (nSPS) is 10.4. The molecule has 0 saturated carbocycles. The van der Waals surface area contributed by atoms with Crippen molar-refractivity contribution in [3.8, 4) is 0 Å². The number of carbonyl (C=O) groups excluding carboxylic acids is 3. The molecule has 0 aliphatic rings. The van der Waals surface area contributed by atoms with E-state index in [-0.39, 0.29) is 5.76 Å². The van der Waals surface area contributed by atoms with Crippen LogP contribution in [0.3, 0.4) is 0 Å². The molecule has 0 unspecified atom stereocenters. The third kappa shape index (κ3) is 5.24. The van der Waals surface area contributed by atoms with Crippen LogP contribution >= 0.6 is 22.9 Å². The number of nitrogens with one attached hydrogen (secondary N) is 2. The number of hydrogen-bond acceptors (Lipinski definition) is 6. The Morgan fingerprint density at radius 1 is 1.10 bits per heavy atom. The molecule has 2 heterocycles. The van der Waals surface area contributed by atoms with Crippen molar-refractivity contribution in [1.29, 1.82) is 0 Å². The Hall–Kier alpha value is -3.10. The van der Waals surface area contributed by atoms with E-state index < -0.39 is 24.4 Å². The molecular weight excluding hydrogens is 416 g/mol. The van der Waals surface area contributed by atoms with Gasteiger partial charge in [-0.2, -0.15) is 0 Å². The largest absolute Gasteiger partial charge is 0.459 e. The van der Waals surface area contributed by atoms with Gasteiger partial charge < -0.3 is 19.8 Å². The number of esters is 1. The number of hydrogen-bond donors (Lipinski definition) is 2. The zero-order valence-electron chi connectivity index (χ0n) is 15.6. The van der Waals surface area contributed by atoms with E-state index in [0.717, 1.165) is 16.9 Å². The van der Waals surface area contributed by atoms with Crippen molar-refractivity contribution in [1.82, 2.24) is 0 Å². The highest BCUT2D eigenvalue weighted by Gasteiger charge is 2.18. The van der Waals surface area contributed by atoms with Crippen molar-refractivity contribution >= 4 is 51.4 Å². The molecule has 0 bridgehead atoms. The zero-order valence-corrected chi connectivity index (χ0v) is 17.1. The van der Waals surface area contributed by atoms with Gasteiger partial charge in [0.05, 0.1) is 11.3 Å². The monoisotopic (exact) mass is 432 g/mol. The van der Waals surface area contributed by atoms with E-state index in [1.807, 2.05) is 6.92 Å². The van der Waals surface area contributed by atoms with Crippen LogP contribution in [0.4, 0.5) is 10.7 Å². The fraction of sp³-hybridized carbons (Fsp3) is 0.150. The zero-order chi connectivity index (χ0) is 21.0. The fourth-order valence-electron chi connectivity index (χ4n) is 2.39. The Morgan fingerprint density at radius 3 is 2.59 bits per heavy atom. The SMILES string of the molecule is Cc1ccc(NC(=O)COC(=O)c2sc(NC(=O)c3ccco3)cc2C)cc1Cl. The number of furan rings is 1. The maximum absolute atomic E-state index is 12.3. The molecule has 1 aromatic carbocycles. The number of anilines is 2. The first-order valence-electron chi connectivity index (χ1n) is 8.52. The number of benzene rings is 1. The minimum atomic E-state index is -0.650. The Labute approximate surface area is 175 Å². The fourth-order valence-corrected chi connectivity index (χ4v) is 3.53. The first-order valence-corrected chi connectivity index (χ1v) is 9.71. The predicted octanol–water partition coefficient (Wildman–Crippen LogP) is 4.66. The van der Waals surface area contributed by atoms with Gasteiger partial charge in [0.1, 0.15) is 4.88 Å². The number of aryl methyl sites for hydroxylation is 2. The standard InChI is InChI=1S/C20H17ClN2O5S/c1-11-5-6-13(9-14(11)21)22-16(24)10-28-20(26)18-12(2)8-17(29-18)23-19(25)15-4-3-7-27-15/h3-9H,10H2,1-2H3,(H,22,24)(H,23,25). The molecule has 29 heavy (non-hydrogen) atoms. The van der Waals surface area contributed by atoms with Gasteiger partial charge in [-0.05, 0) is 55.3 Å². The summed E-state index contributed by atoms with van der Waals surface area (Å²) in [5, 5.41) is 6.26. The van der Waals surface area contributed by atoms with Crippen LogP contribution in [0.15, 0.2) is 47.1 Å². The van der Waals surface area contributed by atoms with Crippen LogP contribution in [0.25, 0.3) is 0 Å². The van der Waals surface area contributed by atoms with E-state index in [9.17, 15) is 14.4 Å². The third-order valence-corrected chi connectivity index (χ3v) is 5.41. The van der Waals surface area contributed by atoms with Gasteiger partial charge in [-0.3, -0.25) is 9.59 Å². The molecule has 0 fully saturated rings. The summed E-state index contributed by atoms with van der Waals surface area (Å²) in [6.45, 7) is 3.12. The summed E-state index contributed by atoms with van der Waals surface area (Å²) < 4.78 is 10.1. The van der Waals surface area contributed by atoms with E-state index in [0.29, 0.717) is 26.2 Å². The molecule has 150 valence electrons. The van der Waals surface area contributed by atoms with Crippen LogP contribution in [0, 0.1) is 13.8 Å². The molecule has 2 N–H and O–H groups in total. The van der Waals surface area contributed by atoms with E-state index in [4.69, 9.17) is 20.8 Å². The van der Waals surface area contributed by atoms with Crippen molar-refractivity contribution in [2.75, 3.05) is 17.2 Å². The quantitative estimate of drug-likeness (QED) is 0.552. The number of ether oxygens (including phenoxy) is 1. The lowest BCUT2D eigenvalue weighted by molar-refractivity contribution is -0.119. The van der Waals surface area contributed by atoms with E-state index in [1.165, 1.54) is 12.3 Å². The Bertz CT molecular complexity index is 1060. The Balaban J connectivity index is 1.56. The van der Waals surface area contributed by atoms with Crippen molar-refractivity contribution in [3.05, 3.63) is 69.4 Å². The number of rotatable bonds is 6. The van der Waals surface area contributed by atoms with Gasteiger partial charge >= 0.3 is 5.97 Å². The average Bonchev–Trinajstić information content (AvgIpc) is 3.33. The third-order valence-electron chi connectivity index (χ3n) is 3.87. The molecule has 0 radical (unpaired) electrons. The van der Waals surface area contributed by atoms with Crippen LogP contribution in [0.2, 0.25) is 5.02 Å².